The van der Waals surface area contributed by atoms with E-state index in [0.717, 1.165) is 25.7 Å². The number of sulfonamides is 1. The van der Waals surface area contributed by atoms with Crippen LogP contribution >= 0.6 is 0 Å². The van der Waals surface area contributed by atoms with E-state index >= 15 is 0 Å². The zero-order chi connectivity index (χ0) is 20.3. The first-order valence-corrected chi connectivity index (χ1v) is 11.1. The van der Waals surface area contributed by atoms with E-state index in [1.54, 1.807) is 11.8 Å². The van der Waals surface area contributed by atoms with E-state index in [2.05, 4.69) is 4.90 Å². The molecule has 1 amide bonds. The number of benzene rings is 1. The van der Waals surface area contributed by atoms with E-state index in [4.69, 9.17) is 4.74 Å². The summed E-state index contributed by atoms with van der Waals surface area (Å²) < 4.78 is 46.3. The summed E-state index contributed by atoms with van der Waals surface area (Å²) in [7, 11) is -3.79. The van der Waals surface area contributed by atoms with E-state index < -0.39 is 15.8 Å². The highest BCUT2D eigenvalue weighted by Crippen LogP contribution is 2.26. The molecule has 0 saturated carbocycles. The number of carbonyl (C=O) groups is 1. The number of ether oxygens (including phenoxy) is 1. The quantitative estimate of drug-likeness (QED) is 0.698. The van der Waals surface area contributed by atoms with Crippen LogP contribution in [0.1, 0.15) is 18.9 Å². The fraction of sp³-hybridized carbons (Fsp3) is 0.632. The van der Waals surface area contributed by atoms with Crippen LogP contribution < -0.4 is 0 Å². The summed E-state index contributed by atoms with van der Waals surface area (Å²) >= 11 is 0. The van der Waals surface area contributed by atoms with Crippen molar-refractivity contribution in [3.05, 3.63) is 29.6 Å². The molecular formula is C19H28FN3O4S. The van der Waals surface area contributed by atoms with Crippen LogP contribution in [0.4, 0.5) is 4.39 Å². The molecule has 156 valence electrons. The smallest absolute Gasteiger partial charge is 0.243 e. The Bertz CT molecular complexity index is 811. The van der Waals surface area contributed by atoms with Crippen LogP contribution in [0.2, 0.25) is 0 Å². The monoisotopic (exact) mass is 413 g/mol. The third-order valence-electron chi connectivity index (χ3n) is 5.50. The van der Waals surface area contributed by atoms with Crippen molar-refractivity contribution >= 4 is 15.9 Å². The number of nitrogens with zero attached hydrogens (tertiary/aromatic N) is 3. The van der Waals surface area contributed by atoms with Gasteiger partial charge in [0.15, 0.2) is 0 Å². The molecule has 0 N–H and O–H groups in total. The molecule has 2 fully saturated rings. The van der Waals surface area contributed by atoms with Gasteiger partial charge < -0.3 is 9.64 Å². The van der Waals surface area contributed by atoms with Gasteiger partial charge in [0.1, 0.15) is 5.82 Å². The number of hydrogen-bond acceptors (Lipinski definition) is 5. The van der Waals surface area contributed by atoms with Crippen molar-refractivity contribution in [2.24, 2.45) is 0 Å². The van der Waals surface area contributed by atoms with E-state index in [9.17, 15) is 17.6 Å². The molecule has 7 nitrogen and oxygen atoms in total. The first kappa shape index (κ1) is 21.2. The van der Waals surface area contributed by atoms with Crippen molar-refractivity contribution in [3.63, 3.8) is 0 Å². The number of carbonyl (C=O) groups excluding carboxylic acids is 1. The van der Waals surface area contributed by atoms with Crippen molar-refractivity contribution in [1.82, 2.24) is 14.1 Å². The van der Waals surface area contributed by atoms with Gasteiger partial charge in [0.25, 0.3) is 0 Å². The van der Waals surface area contributed by atoms with Gasteiger partial charge in [-0.05, 0) is 31.0 Å². The molecule has 1 atom stereocenters. The van der Waals surface area contributed by atoms with Crippen molar-refractivity contribution < 1.29 is 22.3 Å². The van der Waals surface area contributed by atoms with Crippen LogP contribution in [0.3, 0.4) is 0 Å². The van der Waals surface area contributed by atoms with Crippen LogP contribution in [0.5, 0.6) is 0 Å². The van der Waals surface area contributed by atoms with E-state index in [1.807, 2.05) is 0 Å². The SMILES string of the molecule is CC(=O)N(CCN1CCOCC1)C1CCN(S(=O)(=O)c2cc(F)ccc2C)C1. The lowest BCUT2D eigenvalue weighted by molar-refractivity contribution is -0.131. The minimum Gasteiger partial charge on any atom is -0.379 e. The summed E-state index contributed by atoms with van der Waals surface area (Å²) in [5.41, 5.74) is 0.514. The molecule has 1 aromatic rings. The highest BCUT2D eigenvalue weighted by molar-refractivity contribution is 7.89. The molecular weight excluding hydrogens is 385 g/mol. The van der Waals surface area contributed by atoms with Gasteiger partial charge >= 0.3 is 0 Å². The van der Waals surface area contributed by atoms with Crippen LogP contribution in [0.15, 0.2) is 23.1 Å². The number of halogens is 1. The number of hydrogen-bond donors (Lipinski definition) is 0. The van der Waals surface area contributed by atoms with Gasteiger partial charge in [-0.15, -0.1) is 0 Å². The molecule has 9 heteroatoms. The van der Waals surface area contributed by atoms with Gasteiger partial charge in [-0.1, -0.05) is 6.07 Å². The van der Waals surface area contributed by atoms with Crippen LogP contribution in [-0.4, -0.2) is 87.0 Å². The Balaban J connectivity index is 1.67. The van der Waals surface area contributed by atoms with Crippen molar-refractivity contribution in [2.75, 3.05) is 52.5 Å². The summed E-state index contributed by atoms with van der Waals surface area (Å²) in [5.74, 6) is -0.629. The number of amides is 1. The Morgan fingerprint density at radius 2 is 2.00 bits per heavy atom. The summed E-state index contributed by atoms with van der Waals surface area (Å²) in [6.07, 6.45) is 0.580. The summed E-state index contributed by atoms with van der Waals surface area (Å²) in [4.78, 5) is 16.2. The normalized spacial score (nSPS) is 21.8. The zero-order valence-electron chi connectivity index (χ0n) is 16.4. The van der Waals surface area contributed by atoms with E-state index in [0.29, 0.717) is 38.3 Å². The molecule has 1 aromatic carbocycles. The fourth-order valence-electron chi connectivity index (χ4n) is 3.85. The van der Waals surface area contributed by atoms with Crippen molar-refractivity contribution in [2.45, 2.75) is 31.2 Å². The summed E-state index contributed by atoms with van der Waals surface area (Å²) in [6.45, 7) is 8.13. The topological polar surface area (TPSA) is 70.2 Å². The number of morpholine rings is 1. The second-order valence-corrected chi connectivity index (χ2v) is 9.29. The molecule has 28 heavy (non-hydrogen) atoms. The van der Waals surface area contributed by atoms with Crippen LogP contribution in [-0.2, 0) is 19.6 Å². The minimum atomic E-state index is -3.79. The Morgan fingerprint density at radius 1 is 1.29 bits per heavy atom. The average Bonchev–Trinajstić information content (AvgIpc) is 3.15. The second-order valence-electron chi connectivity index (χ2n) is 7.38. The minimum absolute atomic E-state index is 0.00385. The predicted octanol–water partition coefficient (Wildman–Crippen LogP) is 1.08. The maximum atomic E-state index is 13.6. The lowest BCUT2D eigenvalue weighted by Crippen LogP contribution is -2.47. The van der Waals surface area contributed by atoms with Crippen molar-refractivity contribution in [3.8, 4) is 0 Å². The van der Waals surface area contributed by atoms with E-state index in [1.165, 1.54) is 23.4 Å². The third-order valence-corrected chi connectivity index (χ3v) is 7.51. The Labute approximate surface area is 166 Å². The Kier molecular flexibility index (Phi) is 6.69. The second kappa shape index (κ2) is 8.86. The Morgan fingerprint density at radius 3 is 2.68 bits per heavy atom. The molecule has 0 spiro atoms. The van der Waals surface area contributed by atoms with Gasteiger partial charge in [0, 0.05) is 52.2 Å². The molecule has 2 heterocycles. The standard InChI is InChI=1S/C19H28FN3O4S/c1-15-3-4-17(20)13-19(15)28(25,26)22-6-5-18(14-22)23(16(2)24)8-7-21-9-11-27-12-10-21/h3-4,13,18H,5-12,14H2,1-2H3. The molecule has 3 rings (SSSR count). The predicted molar refractivity (Wildman–Crippen MR) is 103 cm³/mol. The number of rotatable bonds is 6. The summed E-state index contributed by atoms with van der Waals surface area (Å²) in [6, 6.07) is 3.63. The Hall–Kier alpha value is -1.55. The highest BCUT2D eigenvalue weighted by atomic mass is 32.2. The van der Waals surface area contributed by atoms with E-state index in [-0.39, 0.29) is 23.4 Å². The van der Waals surface area contributed by atoms with Gasteiger partial charge in [-0.25, -0.2) is 12.8 Å². The van der Waals surface area contributed by atoms with Gasteiger partial charge in [0.2, 0.25) is 15.9 Å². The van der Waals surface area contributed by atoms with Gasteiger partial charge in [-0.2, -0.15) is 4.31 Å². The van der Waals surface area contributed by atoms with Crippen LogP contribution in [0, 0.1) is 12.7 Å². The molecule has 0 radical (unpaired) electrons. The average molecular weight is 414 g/mol. The summed E-state index contributed by atoms with van der Waals surface area (Å²) in [5, 5.41) is 0. The molecule has 0 aliphatic carbocycles. The molecule has 1 unspecified atom stereocenters. The zero-order valence-corrected chi connectivity index (χ0v) is 17.3. The third kappa shape index (κ3) is 4.71. The first-order chi connectivity index (χ1) is 13.3. The molecule has 2 saturated heterocycles. The lowest BCUT2D eigenvalue weighted by atomic mass is 10.2. The maximum absolute atomic E-state index is 13.6. The van der Waals surface area contributed by atoms with Crippen LogP contribution in [0.25, 0.3) is 0 Å². The lowest BCUT2D eigenvalue weighted by Gasteiger charge is -2.32. The van der Waals surface area contributed by atoms with Gasteiger partial charge in [0.05, 0.1) is 18.1 Å². The molecule has 0 aromatic heterocycles. The van der Waals surface area contributed by atoms with Crippen molar-refractivity contribution in [1.29, 1.82) is 0 Å². The highest BCUT2D eigenvalue weighted by Gasteiger charge is 2.37. The first-order valence-electron chi connectivity index (χ1n) is 9.62. The maximum Gasteiger partial charge on any atom is 0.243 e. The van der Waals surface area contributed by atoms with Gasteiger partial charge in [-0.3, -0.25) is 9.69 Å². The number of aryl methyl sites for hydroxylation is 1. The largest absolute Gasteiger partial charge is 0.379 e. The molecule has 2 aliphatic rings. The fourth-order valence-corrected chi connectivity index (χ4v) is 5.57. The molecule has 0 bridgehead atoms. The molecule has 2 aliphatic heterocycles.